The molecule has 0 spiro atoms. The van der Waals surface area contributed by atoms with E-state index >= 15 is 0 Å². The third-order valence-corrected chi connectivity index (χ3v) is 3.15. The monoisotopic (exact) mass is 231 g/mol. The predicted octanol–water partition coefficient (Wildman–Crippen LogP) is 3.80. The minimum absolute atomic E-state index is 0.287. The van der Waals surface area contributed by atoms with Crippen LogP contribution in [0.1, 0.15) is 45.1 Å². The summed E-state index contributed by atoms with van der Waals surface area (Å²) in [6.07, 6.45) is 4.84. The topological polar surface area (TPSA) is 21.6 Å². The van der Waals surface area contributed by atoms with E-state index in [1.54, 1.807) is 0 Å². The van der Waals surface area contributed by atoms with E-state index in [4.69, 9.17) is 9.73 Å². The highest BCUT2D eigenvalue weighted by Crippen LogP contribution is 2.24. The zero-order chi connectivity index (χ0) is 12.1. The van der Waals surface area contributed by atoms with Crippen LogP contribution in [0.2, 0.25) is 0 Å². The van der Waals surface area contributed by atoms with E-state index in [2.05, 4.69) is 26.0 Å². The molecule has 92 valence electrons. The van der Waals surface area contributed by atoms with E-state index in [1.807, 2.05) is 18.2 Å². The van der Waals surface area contributed by atoms with Crippen LogP contribution < -0.4 is 0 Å². The third kappa shape index (κ3) is 2.87. The molecule has 2 nitrogen and oxygen atoms in total. The summed E-state index contributed by atoms with van der Waals surface area (Å²) in [4.78, 5) is 4.74. The van der Waals surface area contributed by atoms with Gasteiger partial charge in [0.2, 0.25) is 5.90 Å². The van der Waals surface area contributed by atoms with Crippen LogP contribution in [-0.2, 0) is 4.74 Å². The molecule has 2 atom stereocenters. The molecule has 1 aliphatic heterocycles. The molecule has 0 radical (unpaired) electrons. The molecule has 0 N–H and O–H groups in total. The second-order valence-electron chi connectivity index (χ2n) is 4.60. The Morgan fingerprint density at radius 3 is 2.41 bits per heavy atom. The highest BCUT2D eigenvalue weighted by atomic mass is 16.5. The second kappa shape index (κ2) is 5.85. The Kier molecular flexibility index (Phi) is 4.18. The number of hydrogen-bond donors (Lipinski definition) is 0. The van der Waals surface area contributed by atoms with Crippen molar-refractivity contribution in [3.63, 3.8) is 0 Å². The maximum atomic E-state index is 6.00. The molecule has 0 fully saturated rings. The first-order chi connectivity index (χ1) is 8.35. The van der Waals surface area contributed by atoms with E-state index in [0.29, 0.717) is 6.04 Å². The Balaban J connectivity index is 2.12. The van der Waals surface area contributed by atoms with Crippen LogP contribution in [0.25, 0.3) is 0 Å². The van der Waals surface area contributed by atoms with E-state index in [1.165, 1.54) is 6.42 Å². The summed E-state index contributed by atoms with van der Waals surface area (Å²) in [6.45, 7) is 4.41. The number of nitrogens with zero attached hydrogens (tertiary/aromatic N) is 1. The summed E-state index contributed by atoms with van der Waals surface area (Å²) < 4.78 is 6.00. The van der Waals surface area contributed by atoms with E-state index < -0.39 is 0 Å². The van der Waals surface area contributed by atoms with Gasteiger partial charge in [-0.2, -0.15) is 0 Å². The van der Waals surface area contributed by atoms with E-state index in [9.17, 15) is 0 Å². The van der Waals surface area contributed by atoms with Gasteiger partial charge in [0.25, 0.3) is 0 Å². The molecule has 0 bridgehead atoms. The lowest BCUT2D eigenvalue weighted by Gasteiger charge is -2.16. The summed E-state index contributed by atoms with van der Waals surface area (Å²) in [7, 11) is 0. The smallest absolute Gasteiger partial charge is 0.216 e. The number of benzene rings is 1. The highest BCUT2D eigenvalue weighted by Gasteiger charge is 2.29. The third-order valence-electron chi connectivity index (χ3n) is 3.15. The Morgan fingerprint density at radius 1 is 1.06 bits per heavy atom. The van der Waals surface area contributed by atoms with Crippen LogP contribution in [0.5, 0.6) is 0 Å². The van der Waals surface area contributed by atoms with Gasteiger partial charge in [0, 0.05) is 5.56 Å². The predicted molar refractivity (Wildman–Crippen MR) is 71.5 cm³/mol. The quantitative estimate of drug-likeness (QED) is 0.755. The molecule has 1 aromatic carbocycles. The maximum absolute atomic E-state index is 6.00. The molecule has 1 heterocycles. The van der Waals surface area contributed by atoms with Crippen molar-refractivity contribution in [3.8, 4) is 0 Å². The molecule has 2 unspecified atom stereocenters. The largest absolute Gasteiger partial charge is 0.472 e. The van der Waals surface area contributed by atoms with Crippen molar-refractivity contribution in [2.45, 2.75) is 51.7 Å². The molecule has 0 aliphatic carbocycles. The van der Waals surface area contributed by atoms with Crippen LogP contribution >= 0.6 is 0 Å². The lowest BCUT2D eigenvalue weighted by Crippen LogP contribution is -2.22. The van der Waals surface area contributed by atoms with Gasteiger partial charge < -0.3 is 4.74 Å². The summed E-state index contributed by atoms with van der Waals surface area (Å²) in [5.74, 6) is 0.836. The molecule has 0 amide bonds. The molecule has 0 saturated heterocycles. The van der Waals surface area contributed by atoms with Crippen LogP contribution in [0.15, 0.2) is 35.3 Å². The van der Waals surface area contributed by atoms with Crippen molar-refractivity contribution < 1.29 is 4.74 Å². The summed E-state index contributed by atoms with van der Waals surface area (Å²) in [6, 6.07) is 10.6. The first kappa shape index (κ1) is 12.2. The van der Waals surface area contributed by atoms with Gasteiger partial charge in [-0.1, -0.05) is 44.9 Å². The average molecular weight is 231 g/mol. The van der Waals surface area contributed by atoms with E-state index in [0.717, 1.165) is 30.7 Å². The van der Waals surface area contributed by atoms with Gasteiger partial charge in [0.1, 0.15) is 6.10 Å². The number of aliphatic imine (C=N–C) groups is 1. The van der Waals surface area contributed by atoms with Crippen molar-refractivity contribution in [3.05, 3.63) is 35.9 Å². The molecule has 1 aromatic rings. The fourth-order valence-electron chi connectivity index (χ4n) is 2.29. The molecule has 2 heteroatoms. The van der Waals surface area contributed by atoms with Crippen molar-refractivity contribution in [1.82, 2.24) is 0 Å². The van der Waals surface area contributed by atoms with Gasteiger partial charge in [-0.25, -0.2) is 4.99 Å². The Hall–Kier alpha value is -1.31. The molecule has 0 aromatic heterocycles. The molecule has 0 saturated carbocycles. The lowest BCUT2D eigenvalue weighted by atomic mass is 10.0. The molecule has 1 aliphatic rings. The number of rotatable bonds is 5. The fourth-order valence-corrected chi connectivity index (χ4v) is 2.29. The van der Waals surface area contributed by atoms with Gasteiger partial charge in [-0.3, -0.25) is 0 Å². The summed E-state index contributed by atoms with van der Waals surface area (Å²) in [5, 5.41) is 0. The normalized spacial score (nSPS) is 23.3. The van der Waals surface area contributed by atoms with Gasteiger partial charge >= 0.3 is 0 Å². The number of ether oxygens (including phenoxy) is 1. The fraction of sp³-hybridized carbons (Fsp3) is 0.533. The first-order valence-electron chi connectivity index (χ1n) is 6.65. The standard InChI is InChI=1S/C15H21NO/c1-3-8-13-14(9-4-2)17-15(16-13)12-10-6-5-7-11-12/h5-7,10-11,13-14H,3-4,8-9H2,1-2H3. The zero-order valence-corrected chi connectivity index (χ0v) is 10.7. The van der Waals surface area contributed by atoms with Gasteiger partial charge in [0.15, 0.2) is 0 Å². The lowest BCUT2D eigenvalue weighted by molar-refractivity contribution is 0.176. The van der Waals surface area contributed by atoms with E-state index in [-0.39, 0.29) is 6.10 Å². The Bertz CT molecular complexity index is 372. The molecule has 17 heavy (non-hydrogen) atoms. The Labute approximate surface area is 104 Å². The van der Waals surface area contributed by atoms with Crippen LogP contribution in [-0.4, -0.2) is 18.0 Å². The second-order valence-corrected chi connectivity index (χ2v) is 4.60. The van der Waals surface area contributed by atoms with Gasteiger partial charge in [-0.15, -0.1) is 0 Å². The minimum atomic E-state index is 0.287. The minimum Gasteiger partial charge on any atom is -0.472 e. The SMILES string of the molecule is CCCC1N=C(c2ccccc2)OC1CCC. The first-order valence-corrected chi connectivity index (χ1v) is 6.65. The van der Waals surface area contributed by atoms with Crippen LogP contribution in [0.3, 0.4) is 0 Å². The summed E-state index contributed by atoms with van der Waals surface area (Å²) in [5.41, 5.74) is 1.10. The average Bonchev–Trinajstić information content (AvgIpc) is 2.75. The van der Waals surface area contributed by atoms with Crippen molar-refractivity contribution in [1.29, 1.82) is 0 Å². The van der Waals surface area contributed by atoms with Crippen LogP contribution in [0.4, 0.5) is 0 Å². The maximum Gasteiger partial charge on any atom is 0.216 e. The highest BCUT2D eigenvalue weighted by molar-refractivity contribution is 5.95. The molecular formula is C15H21NO. The van der Waals surface area contributed by atoms with Gasteiger partial charge in [0.05, 0.1) is 6.04 Å². The van der Waals surface area contributed by atoms with Gasteiger partial charge in [-0.05, 0) is 25.0 Å². The van der Waals surface area contributed by atoms with Crippen LogP contribution in [0, 0.1) is 0 Å². The molecular weight excluding hydrogens is 210 g/mol. The Morgan fingerprint density at radius 2 is 1.76 bits per heavy atom. The van der Waals surface area contributed by atoms with Crippen molar-refractivity contribution >= 4 is 5.90 Å². The number of hydrogen-bond acceptors (Lipinski definition) is 2. The van der Waals surface area contributed by atoms with Crippen molar-refractivity contribution in [2.24, 2.45) is 4.99 Å². The zero-order valence-electron chi connectivity index (χ0n) is 10.7. The summed E-state index contributed by atoms with van der Waals surface area (Å²) >= 11 is 0. The molecule has 2 rings (SSSR count). The van der Waals surface area contributed by atoms with Crippen molar-refractivity contribution in [2.75, 3.05) is 0 Å².